The third-order valence-corrected chi connectivity index (χ3v) is 0.769. The van der Waals surface area contributed by atoms with Crippen molar-refractivity contribution in [3.63, 3.8) is 0 Å². The zero-order valence-electron chi connectivity index (χ0n) is 4.89. The van der Waals surface area contributed by atoms with E-state index < -0.39 is 11.0 Å². The van der Waals surface area contributed by atoms with Crippen LogP contribution in [0.1, 0.15) is 6.92 Å². The summed E-state index contributed by atoms with van der Waals surface area (Å²) in [6.07, 6.45) is 0. The van der Waals surface area contributed by atoms with Gasteiger partial charge in [-0.15, -0.1) is 0 Å². The predicted molar refractivity (Wildman–Crippen MR) is 30.5 cm³/mol. The van der Waals surface area contributed by atoms with Gasteiger partial charge in [0, 0.05) is 16.8 Å². The number of nitrogens with zero attached hydrogens (tertiary/aromatic N) is 4. The molecule has 0 aliphatic carbocycles. The maximum atomic E-state index is 9.83. The van der Waals surface area contributed by atoms with Crippen molar-refractivity contribution < 1.29 is 4.92 Å². The van der Waals surface area contributed by atoms with Crippen molar-refractivity contribution in [2.45, 2.75) is 13.0 Å². The largest absolute Gasteiger partial charge is 0.264 e. The molecule has 0 N–H and O–H groups in total. The summed E-state index contributed by atoms with van der Waals surface area (Å²) in [7, 11) is 0. The van der Waals surface area contributed by atoms with Crippen molar-refractivity contribution in [3.05, 3.63) is 20.6 Å². The molecule has 0 aliphatic heterocycles. The molecule has 0 aromatic rings. The van der Waals surface area contributed by atoms with Crippen molar-refractivity contribution in [3.8, 4) is 0 Å². The zero-order valence-corrected chi connectivity index (χ0v) is 4.89. The molecule has 6 nitrogen and oxygen atoms in total. The molecule has 6 heteroatoms. The highest BCUT2D eigenvalue weighted by Gasteiger charge is 2.09. The summed E-state index contributed by atoms with van der Waals surface area (Å²) in [5.41, 5.74) is 7.73. The van der Waals surface area contributed by atoms with Crippen molar-refractivity contribution in [1.82, 2.24) is 0 Å². The van der Waals surface area contributed by atoms with Gasteiger partial charge in [-0.1, -0.05) is 5.11 Å². The molecule has 9 heavy (non-hydrogen) atoms. The van der Waals surface area contributed by atoms with Gasteiger partial charge in [-0.25, -0.2) is 0 Å². The predicted octanol–water partition coefficient (Wildman–Crippen LogP) is 0.962. The van der Waals surface area contributed by atoms with E-state index in [1.165, 1.54) is 6.92 Å². The first kappa shape index (κ1) is 7.71. The van der Waals surface area contributed by atoms with Crippen LogP contribution in [0.3, 0.4) is 0 Å². The quantitative estimate of drug-likeness (QED) is 0.187. The monoisotopic (exact) mass is 130 g/mol. The smallest absolute Gasteiger partial charge is 0.216 e. The molecule has 0 fully saturated rings. The molecule has 0 spiro atoms. The van der Waals surface area contributed by atoms with Crippen LogP contribution in [0.4, 0.5) is 0 Å². The van der Waals surface area contributed by atoms with E-state index in [1.54, 1.807) is 0 Å². The molecule has 1 atom stereocenters. The molecule has 0 unspecified atom stereocenters. The Kier molecular flexibility index (Phi) is 3.15. The van der Waals surface area contributed by atoms with Gasteiger partial charge in [-0.2, -0.15) is 0 Å². The summed E-state index contributed by atoms with van der Waals surface area (Å²) in [5, 5.41) is 12.9. The van der Waals surface area contributed by atoms with Gasteiger partial charge in [-0.3, -0.25) is 10.1 Å². The van der Waals surface area contributed by atoms with Gasteiger partial charge in [0.1, 0.15) is 0 Å². The second-order valence-electron chi connectivity index (χ2n) is 1.55. The van der Waals surface area contributed by atoms with Gasteiger partial charge in [-0.05, 0) is 5.53 Å². The average molecular weight is 130 g/mol. The molecule has 0 aromatic carbocycles. The first-order chi connectivity index (χ1) is 4.18. The fraction of sp³-hybridized carbons (Fsp3) is 1.00. The van der Waals surface area contributed by atoms with Crippen molar-refractivity contribution in [2.75, 3.05) is 6.54 Å². The molecule has 0 bridgehead atoms. The van der Waals surface area contributed by atoms with E-state index in [0.717, 1.165) is 0 Å². The lowest BCUT2D eigenvalue weighted by molar-refractivity contribution is -0.514. The molecule has 0 heterocycles. The van der Waals surface area contributed by atoms with Crippen LogP contribution in [0.15, 0.2) is 5.11 Å². The standard InChI is InChI=1S/C3H6N4O2/c1-3(7(8)9)2-5-6-4/h3H,2H2,1H3/t3-/m0/s1. The van der Waals surface area contributed by atoms with E-state index in [1.807, 2.05) is 0 Å². The van der Waals surface area contributed by atoms with Gasteiger partial charge in [0.25, 0.3) is 0 Å². The molecular formula is C3H6N4O2. The molecule has 0 saturated carbocycles. The summed E-state index contributed by atoms with van der Waals surface area (Å²) in [6, 6.07) is -0.777. The number of hydrogen-bond donors (Lipinski definition) is 0. The Bertz CT molecular complexity index is 150. The third kappa shape index (κ3) is 3.31. The number of azide groups is 1. The third-order valence-electron chi connectivity index (χ3n) is 0.769. The summed E-state index contributed by atoms with van der Waals surface area (Å²) in [5.74, 6) is 0. The van der Waals surface area contributed by atoms with E-state index in [-0.39, 0.29) is 6.54 Å². The fourth-order valence-electron chi connectivity index (χ4n) is 0.221. The highest BCUT2D eigenvalue weighted by molar-refractivity contribution is 4.52. The summed E-state index contributed by atoms with van der Waals surface area (Å²) < 4.78 is 0. The first-order valence-electron chi connectivity index (χ1n) is 2.33. The normalized spacial score (nSPS) is 11.7. The Morgan fingerprint density at radius 1 is 2.00 bits per heavy atom. The molecule has 0 aromatic heterocycles. The van der Waals surface area contributed by atoms with Crippen molar-refractivity contribution >= 4 is 0 Å². The van der Waals surface area contributed by atoms with Crippen LogP contribution >= 0.6 is 0 Å². The molecule has 50 valence electrons. The SMILES string of the molecule is C[C@@H](CN=[N+]=[N-])[N+](=O)[O-]. The van der Waals surface area contributed by atoms with E-state index in [2.05, 4.69) is 10.0 Å². The summed E-state index contributed by atoms with van der Waals surface area (Å²) in [6.45, 7) is 1.30. The molecule has 0 aliphatic rings. The van der Waals surface area contributed by atoms with Gasteiger partial charge in [0.2, 0.25) is 6.04 Å². The van der Waals surface area contributed by atoms with Crippen LogP contribution in [0, 0.1) is 10.1 Å². The maximum absolute atomic E-state index is 9.83. The molecule has 0 amide bonds. The van der Waals surface area contributed by atoms with E-state index in [4.69, 9.17) is 5.53 Å². The summed E-state index contributed by atoms with van der Waals surface area (Å²) >= 11 is 0. The Balaban J connectivity index is 3.63. The Labute approximate surface area is 51.3 Å². The second-order valence-corrected chi connectivity index (χ2v) is 1.55. The molecular weight excluding hydrogens is 124 g/mol. The molecule has 0 saturated heterocycles. The fourth-order valence-corrected chi connectivity index (χ4v) is 0.221. The maximum Gasteiger partial charge on any atom is 0.216 e. The van der Waals surface area contributed by atoms with Crippen LogP contribution < -0.4 is 0 Å². The van der Waals surface area contributed by atoms with Gasteiger partial charge < -0.3 is 0 Å². The van der Waals surface area contributed by atoms with E-state index in [9.17, 15) is 10.1 Å². The topological polar surface area (TPSA) is 91.9 Å². The minimum atomic E-state index is -0.777. The van der Waals surface area contributed by atoms with Gasteiger partial charge >= 0.3 is 0 Å². The number of nitro groups is 1. The van der Waals surface area contributed by atoms with Crippen LogP contribution in [0.25, 0.3) is 10.4 Å². The lowest BCUT2D eigenvalue weighted by Crippen LogP contribution is -2.17. The van der Waals surface area contributed by atoms with Crippen molar-refractivity contribution in [2.24, 2.45) is 5.11 Å². The van der Waals surface area contributed by atoms with Crippen LogP contribution in [-0.2, 0) is 0 Å². The Hall–Kier alpha value is -1.29. The Morgan fingerprint density at radius 2 is 2.56 bits per heavy atom. The molecule has 0 radical (unpaired) electrons. The minimum absolute atomic E-state index is 0.0799. The molecule has 0 rings (SSSR count). The first-order valence-corrected chi connectivity index (χ1v) is 2.33. The zero-order chi connectivity index (χ0) is 7.28. The summed E-state index contributed by atoms with van der Waals surface area (Å²) in [4.78, 5) is 11.7. The minimum Gasteiger partial charge on any atom is -0.264 e. The average Bonchev–Trinajstić information content (AvgIpc) is 1.82. The van der Waals surface area contributed by atoms with E-state index in [0.29, 0.717) is 0 Å². The van der Waals surface area contributed by atoms with Crippen molar-refractivity contribution in [1.29, 1.82) is 0 Å². The highest BCUT2D eigenvalue weighted by Crippen LogP contribution is 1.87. The number of rotatable bonds is 3. The Morgan fingerprint density at radius 3 is 2.89 bits per heavy atom. The lowest BCUT2D eigenvalue weighted by atomic mass is 10.4. The van der Waals surface area contributed by atoms with Gasteiger partial charge in [0.05, 0.1) is 6.54 Å². The lowest BCUT2D eigenvalue weighted by Gasteiger charge is -1.94. The van der Waals surface area contributed by atoms with Gasteiger partial charge in [0.15, 0.2) is 0 Å². The second kappa shape index (κ2) is 3.68. The number of hydrogen-bond acceptors (Lipinski definition) is 3. The van der Waals surface area contributed by atoms with Crippen LogP contribution in [0.5, 0.6) is 0 Å². The van der Waals surface area contributed by atoms with Crippen LogP contribution in [-0.4, -0.2) is 17.5 Å². The van der Waals surface area contributed by atoms with Crippen LogP contribution in [0.2, 0.25) is 0 Å². The van der Waals surface area contributed by atoms with E-state index >= 15 is 0 Å². The highest BCUT2D eigenvalue weighted by atomic mass is 16.6.